The van der Waals surface area contributed by atoms with E-state index in [0.717, 1.165) is 27.0 Å². The van der Waals surface area contributed by atoms with Crippen LogP contribution in [-0.4, -0.2) is 33.8 Å². The Hall–Kier alpha value is -3.85. The van der Waals surface area contributed by atoms with Crippen LogP contribution in [0.25, 0.3) is 10.8 Å². The zero-order chi connectivity index (χ0) is 21.8. The highest BCUT2D eigenvalue weighted by Gasteiger charge is 2.17. The Kier molecular flexibility index (Phi) is 5.85. The van der Waals surface area contributed by atoms with E-state index >= 15 is 0 Å². The fraction of sp³-hybridized carbons (Fsp3) is 0.136. The molecule has 0 spiro atoms. The molecule has 0 radical (unpaired) electrons. The summed E-state index contributed by atoms with van der Waals surface area (Å²) in [5, 5.41) is 10.0. The van der Waals surface area contributed by atoms with E-state index in [1.807, 2.05) is 24.3 Å². The summed E-state index contributed by atoms with van der Waals surface area (Å²) in [5.41, 5.74) is 1.59. The van der Waals surface area contributed by atoms with Gasteiger partial charge >= 0.3 is 5.97 Å². The molecule has 0 atom stereocenters. The number of aromatic nitrogens is 3. The van der Waals surface area contributed by atoms with E-state index in [9.17, 15) is 14.4 Å². The molecule has 0 bridgehead atoms. The molecule has 4 rings (SSSR count). The largest absolute Gasteiger partial charge is 0.465 e. The number of esters is 1. The van der Waals surface area contributed by atoms with Gasteiger partial charge in [-0.2, -0.15) is 5.10 Å². The van der Waals surface area contributed by atoms with Crippen LogP contribution in [-0.2, 0) is 22.5 Å². The highest BCUT2D eigenvalue weighted by Crippen LogP contribution is 2.23. The SMILES string of the molecule is COC(=O)c1sccc1NC(=O)Cn1nc(Cc2cccnc2)c2ccccc2c1=O. The van der Waals surface area contributed by atoms with Gasteiger partial charge < -0.3 is 10.1 Å². The number of amides is 1. The van der Waals surface area contributed by atoms with Crippen molar-refractivity contribution in [1.29, 1.82) is 0 Å². The molecule has 8 nitrogen and oxygen atoms in total. The molecule has 0 fully saturated rings. The molecule has 0 aliphatic rings. The first-order valence-electron chi connectivity index (χ1n) is 9.40. The van der Waals surface area contributed by atoms with Gasteiger partial charge in [-0.25, -0.2) is 9.48 Å². The minimum Gasteiger partial charge on any atom is -0.465 e. The molecular weight excluding hydrogens is 416 g/mol. The first kappa shape index (κ1) is 20.4. The van der Waals surface area contributed by atoms with Crippen molar-refractivity contribution in [3.8, 4) is 0 Å². The minimum atomic E-state index is -0.537. The lowest BCUT2D eigenvalue weighted by molar-refractivity contribution is -0.117. The molecule has 4 aromatic rings. The topological polar surface area (TPSA) is 103 Å². The summed E-state index contributed by atoms with van der Waals surface area (Å²) in [6, 6.07) is 12.5. The average molecular weight is 434 g/mol. The number of hydrogen-bond donors (Lipinski definition) is 1. The summed E-state index contributed by atoms with van der Waals surface area (Å²) < 4.78 is 5.87. The minimum absolute atomic E-state index is 0.284. The number of benzene rings is 1. The molecule has 3 heterocycles. The van der Waals surface area contributed by atoms with Gasteiger partial charge in [-0.3, -0.25) is 14.6 Å². The molecule has 9 heteroatoms. The van der Waals surface area contributed by atoms with Crippen molar-refractivity contribution in [2.75, 3.05) is 12.4 Å². The van der Waals surface area contributed by atoms with Crippen molar-refractivity contribution < 1.29 is 14.3 Å². The molecule has 31 heavy (non-hydrogen) atoms. The van der Waals surface area contributed by atoms with Gasteiger partial charge in [-0.15, -0.1) is 11.3 Å². The highest BCUT2D eigenvalue weighted by atomic mass is 32.1. The van der Waals surface area contributed by atoms with Crippen molar-refractivity contribution in [1.82, 2.24) is 14.8 Å². The van der Waals surface area contributed by atoms with Crippen LogP contribution < -0.4 is 10.9 Å². The molecule has 1 aromatic carbocycles. The van der Waals surface area contributed by atoms with Gasteiger partial charge in [0.15, 0.2) is 0 Å². The van der Waals surface area contributed by atoms with Crippen molar-refractivity contribution in [3.05, 3.63) is 86.7 Å². The predicted octanol–water partition coefficient (Wildman–Crippen LogP) is 2.87. The molecule has 156 valence electrons. The maximum absolute atomic E-state index is 12.9. The summed E-state index contributed by atoms with van der Waals surface area (Å²) >= 11 is 1.16. The second kappa shape index (κ2) is 8.88. The van der Waals surface area contributed by atoms with E-state index in [1.54, 1.807) is 36.0 Å². The van der Waals surface area contributed by atoms with Crippen LogP contribution in [0.1, 0.15) is 20.9 Å². The number of methoxy groups -OCH3 is 1. The monoisotopic (exact) mass is 434 g/mol. The summed E-state index contributed by atoms with van der Waals surface area (Å²) in [7, 11) is 1.27. The van der Waals surface area contributed by atoms with Crippen molar-refractivity contribution >= 4 is 39.7 Å². The normalized spacial score (nSPS) is 10.7. The van der Waals surface area contributed by atoms with Crippen molar-refractivity contribution in [2.45, 2.75) is 13.0 Å². The van der Waals surface area contributed by atoms with Crippen molar-refractivity contribution in [2.24, 2.45) is 0 Å². The number of nitrogens with one attached hydrogen (secondary N) is 1. The molecule has 3 aromatic heterocycles. The van der Waals surface area contributed by atoms with Crippen molar-refractivity contribution in [3.63, 3.8) is 0 Å². The van der Waals surface area contributed by atoms with Gasteiger partial charge in [0.2, 0.25) is 5.91 Å². The number of ether oxygens (including phenoxy) is 1. The maximum Gasteiger partial charge on any atom is 0.350 e. The number of carbonyl (C=O) groups is 2. The fourth-order valence-electron chi connectivity index (χ4n) is 3.22. The smallest absolute Gasteiger partial charge is 0.350 e. The van der Waals surface area contributed by atoms with E-state index in [0.29, 0.717) is 23.2 Å². The lowest BCUT2D eigenvalue weighted by Gasteiger charge is -2.11. The van der Waals surface area contributed by atoms with Gasteiger partial charge in [0.25, 0.3) is 5.56 Å². The Bertz CT molecular complexity index is 1310. The lowest BCUT2D eigenvalue weighted by atomic mass is 10.1. The zero-order valence-corrected chi connectivity index (χ0v) is 17.4. The van der Waals surface area contributed by atoms with E-state index in [2.05, 4.69) is 15.4 Å². The second-order valence-corrected chi connectivity index (χ2v) is 7.61. The summed E-state index contributed by atoms with van der Waals surface area (Å²) in [5.74, 6) is -1.01. The van der Waals surface area contributed by atoms with Crippen LogP contribution >= 0.6 is 11.3 Å². The number of nitrogens with zero attached hydrogens (tertiary/aromatic N) is 3. The van der Waals surface area contributed by atoms with Gasteiger partial charge in [0, 0.05) is 24.2 Å². The van der Waals surface area contributed by atoms with Gasteiger partial charge in [0.05, 0.1) is 23.9 Å². The molecule has 0 unspecified atom stereocenters. The van der Waals surface area contributed by atoms with Gasteiger partial charge in [0.1, 0.15) is 11.4 Å². The Morgan fingerprint density at radius 3 is 2.68 bits per heavy atom. The Balaban J connectivity index is 1.65. The number of hydrogen-bond acceptors (Lipinski definition) is 7. The van der Waals surface area contributed by atoms with E-state index in [-0.39, 0.29) is 17.0 Å². The molecule has 0 aliphatic heterocycles. The van der Waals surface area contributed by atoms with E-state index in [4.69, 9.17) is 4.74 Å². The zero-order valence-electron chi connectivity index (χ0n) is 16.6. The number of thiophene rings is 1. The van der Waals surface area contributed by atoms with Crippen LogP contribution in [0.3, 0.4) is 0 Å². The van der Waals surface area contributed by atoms with Gasteiger partial charge in [-0.05, 0) is 29.1 Å². The Morgan fingerprint density at radius 1 is 1.13 bits per heavy atom. The fourth-order valence-corrected chi connectivity index (χ4v) is 3.99. The standard InChI is InChI=1S/C22H18N4O4S/c1-30-22(29)20-17(8-10-31-20)24-19(27)13-26-21(28)16-7-3-2-6-15(16)18(25-26)11-14-5-4-9-23-12-14/h2-10,12H,11,13H2,1H3,(H,24,27). The Morgan fingerprint density at radius 2 is 1.94 bits per heavy atom. The summed E-state index contributed by atoms with van der Waals surface area (Å²) in [6.07, 6.45) is 3.89. The molecule has 1 amide bonds. The average Bonchev–Trinajstić information content (AvgIpc) is 3.25. The second-order valence-electron chi connectivity index (χ2n) is 6.70. The third-order valence-corrected chi connectivity index (χ3v) is 5.54. The van der Waals surface area contributed by atoms with Crippen LogP contribution in [0.4, 0.5) is 5.69 Å². The van der Waals surface area contributed by atoms with Gasteiger partial charge in [-0.1, -0.05) is 24.3 Å². The van der Waals surface area contributed by atoms with E-state index in [1.165, 1.54) is 7.11 Å². The Labute approximate surface area is 181 Å². The first-order valence-corrected chi connectivity index (χ1v) is 10.3. The summed E-state index contributed by atoms with van der Waals surface area (Å²) in [4.78, 5) is 41.8. The first-order chi connectivity index (χ1) is 15.1. The number of rotatable bonds is 6. The molecule has 0 saturated carbocycles. The summed E-state index contributed by atoms with van der Waals surface area (Å²) in [6.45, 7) is -0.292. The number of fused-ring (bicyclic) bond motifs is 1. The van der Waals surface area contributed by atoms with Crippen LogP contribution in [0.2, 0.25) is 0 Å². The maximum atomic E-state index is 12.9. The molecule has 1 N–H and O–H groups in total. The number of pyridine rings is 1. The molecule has 0 saturated heterocycles. The quantitative estimate of drug-likeness (QED) is 0.468. The van der Waals surface area contributed by atoms with Crippen LogP contribution in [0.5, 0.6) is 0 Å². The number of carbonyl (C=O) groups excluding carboxylic acids is 2. The lowest BCUT2D eigenvalue weighted by Crippen LogP contribution is -2.31. The third kappa shape index (κ3) is 4.36. The van der Waals surface area contributed by atoms with E-state index < -0.39 is 11.9 Å². The predicted molar refractivity (Wildman–Crippen MR) is 117 cm³/mol. The van der Waals surface area contributed by atoms with Crippen LogP contribution in [0.15, 0.2) is 65.0 Å². The highest BCUT2D eigenvalue weighted by molar-refractivity contribution is 7.12. The molecule has 0 aliphatic carbocycles. The molecular formula is C22H18N4O4S. The van der Waals surface area contributed by atoms with Crippen LogP contribution in [0, 0.1) is 0 Å². The third-order valence-electron chi connectivity index (χ3n) is 4.64. The number of anilines is 1.